The number of H-pyrrole nitrogens is 1. The molecule has 3 aromatic rings. The van der Waals surface area contributed by atoms with E-state index in [0.717, 1.165) is 44.0 Å². The Labute approximate surface area is 190 Å². The van der Waals surface area contributed by atoms with E-state index in [1.807, 2.05) is 63.4 Å². The molecule has 1 amide bonds. The molecule has 1 saturated heterocycles. The molecule has 6 nitrogen and oxygen atoms in total. The fraction of sp³-hybridized carbons (Fsp3) is 0.346. The van der Waals surface area contributed by atoms with Gasteiger partial charge in [0.05, 0.1) is 11.7 Å². The zero-order valence-electron chi connectivity index (χ0n) is 19.1. The van der Waals surface area contributed by atoms with E-state index < -0.39 is 0 Å². The van der Waals surface area contributed by atoms with E-state index in [1.165, 1.54) is 11.4 Å². The quantitative estimate of drug-likeness (QED) is 0.569. The maximum Gasteiger partial charge on any atom is 0.259 e. The summed E-state index contributed by atoms with van der Waals surface area (Å²) in [4.78, 5) is 21.0. The van der Waals surface area contributed by atoms with Crippen molar-refractivity contribution in [3.05, 3.63) is 77.6 Å². The van der Waals surface area contributed by atoms with Crippen molar-refractivity contribution in [2.45, 2.75) is 33.4 Å². The zero-order chi connectivity index (χ0) is 22.5. The molecular formula is C26H32N4O2. The summed E-state index contributed by atoms with van der Waals surface area (Å²) in [6, 6.07) is 17.9. The van der Waals surface area contributed by atoms with Gasteiger partial charge >= 0.3 is 0 Å². The number of nitrogens with zero attached hydrogens (tertiary/aromatic N) is 2. The second-order valence-corrected chi connectivity index (χ2v) is 8.63. The maximum absolute atomic E-state index is 12.9. The van der Waals surface area contributed by atoms with Gasteiger partial charge in [0.1, 0.15) is 5.75 Å². The molecule has 2 heterocycles. The SMILES string of the molecule is Cc1ccc(C(=O)Nc2ccc(N3CCN(Cc4ccc[nH]4)CC3)cc2)c(OC(C)C)c1. The number of carbonyl (C=O) groups is 1. The van der Waals surface area contributed by atoms with Crippen molar-refractivity contribution < 1.29 is 9.53 Å². The summed E-state index contributed by atoms with van der Waals surface area (Å²) < 4.78 is 5.85. The molecule has 0 spiro atoms. The molecule has 0 unspecified atom stereocenters. The van der Waals surface area contributed by atoms with Gasteiger partial charge in [-0.15, -0.1) is 0 Å². The smallest absolute Gasteiger partial charge is 0.259 e. The number of ether oxygens (including phenoxy) is 1. The van der Waals surface area contributed by atoms with E-state index in [2.05, 4.69) is 38.3 Å². The molecule has 168 valence electrons. The molecule has 0 atom stereocenters. The molecule has 4 rings (SSSR count). The molecule has 32 heavy (non-hydrogen) atoms. The third-order valence-corrected chi connectivity index (χ3v) is 5.66. The third-order valence-electron chi connectivity index (χ3n) is 5.66. The minimum atomic E-state index is -0.161. The van der Waals surface area contributed by atoms with E-state index in [9.17, 15) is 4.79 Å². The van der Waals surface area contributed by atoms with Gasteiger partial charge < -0.3 is 19.9 Å². The summed E-state index contributed by atoms with van der Waals surface area (Å²) >= 11 is 0. The van der Waals surface area contributed by atoms with Gasteiger partial charge in [-0.05, 0) is 74.9 Å². The number of aryl methyl sites for hydroxylation is 1. The molecule has 2 aromatic carbocycles. The summed E-state index contributed by atoms with van der Waals surface area (Å²) in [5.74, 6) is 0.456. The Hall–Kier alpha value is -3.25. The first kappa shape index (κ1) is 22.0. The third kappa shape index (κ3) is 5.51. The van der Waals surface area contributed by atoms with Crippen LogP contribution >= 0.6 is 0 Å². The topological polar surface area (TPSA) is 60.6 Å². The van der Waals surface area contributed by atoms with Crippen LogP contribution in [0.4, 0.5) is 11.4 Å². The Morgan fingerprint density at radius 1 is 1.06 bits per heavy atom. The molecule has 0 bridgehead atoms. The highest BCUT2D eigenvalue weighted by atomic mass is 16.5. The minimum absolute atomic E-state index is 0.00548. The lowest BCUT2D eigenvalue weighted by molar-refractivity contribution is 0.102. The lowest BCUT2D eigenvalue weighted by atomic mass is 10.1. The Balaban J connectivity index is 1.35. The predicted molar refractivity (Wildman–Crippen MR) is 130 cm³/mol. The number of amides is 1. The van der Waals surface area contributed by atoms with Crippen molar-refractivity contribution in [1.82, 2.24) is 9.88 Å². The largest absolute Gasteiger partial charge is 0.490 e. The van der Waals surface area contributed by atoms with Crippen molar-refractivity contribution >= 4 is 17.3 Å². The van der Waals surface area contributed by atoms with Crippen molar-refractivity contribution in [2.75, 3.05) is 36.4 Å². The van der Waals surface area contributed by atoms with E-state index in [-0.39, 0.29) is 12.0 Å². The average molecular weight is 433 g/mol. The predicted octanol–water partition coefficient (Wildman–Crippen LogP) is 4.68. The van der Waals surface area contributed by atoms with Crippen LogP contribution in [0.3, 0.4) is 0 Å². The van der Waals surface area contributed by atoms with Crippen molar-refractivity contribution in [1.29, 1.82) is 0 Å². The maximum atomic E-state index is 12.9. The lowest BCUT2D eigenvalue weighted by Crippen LogP contribution is -2.46. The zero-order valence-corrected chi connectivity index (χ0v) is 19.1. The number of nitrogens with one attached hydrogen (secondary N) is 2. The standard InChI is InChI=1S/C26H32N4O2/c1-19(2)32-25-17-20(3)6-11-24(25)26(31)28-21-7-9-23(10-8-21)30-15-13-29(14-16-30)18-22-5-4-12-27-22/h4-12,17,19,27H,13-16,18H2,1-3H3,(H,28,31). The van der Waals surface area contributed by atoms with Gasteiger partial charge in [0.15, 0.2) is 0 Å². The van der Waals surface area contributed by atoms with Crippen LogP contribution in [-0.2, 0) is 6.54 Å². The van der Waals surface area contributed by atoms with Crippen molar-refractivity contribution in [3.63, 3.8) is 0 Å². The number of piperazine rings is 1. The molecule has 6 heteroatoms. The molecule has 1 aromatic heterocycles. The van der Waals surface area contributed by atoms with Crippen LogP contribution in [0.5, 0.6) is 5.75 Å². The summed E-state index contributed by atoms with van der Waals surface area (Å²) in [7, 11) is 0. The van der Waals surface area contributed by atoms with Crippen LogP contribution < -0.4 is 15.0 Å². The highest BCUT2D eigenvalue weighted by molar-refractivity contribution is 6.06. The summed E-state index contributed by atoms with van der Waals surface area (Å²) in [5.41, 5.74) is 4.83. The number of hydrogen-bond donors (Lipinski definition) is 2. The number of aromatic nitrogens is 1. The first-order valence-electron chi connectivity index (χ1n) is 11.3. The van der Waals surface area contributed by atoms with Gasteiger partial charge in [0, 0.05) is 56.0 Å². The van der Waals surface area contributed by atoms with Gasteiger partial charge in [0.25, 0.3) is 5.91 Å². The first-order chi connectivity index (χ1) is 15.5. The van der Waals surface area contributed by atoms with E-state index in [1.54, 1.807) is 0 Å². The fourth-order valence-corrected chi connectivity index (χ4v) is 3.99. The Kier molecular flexibility index (Phi) is 6.81. The summed E-state index contributed by atoms with van der Waals surface area (Å²) in [5, 5.41) is 3.00. The first-order valence-corrected chi connectivity index (χ1v) is 11.3. The van der Waals surface area contributed by atoms with Crippen LogP contribution in [0.15, 0.2) is 60.8 Å². The van der Waals surface area contributed by atoms with Gasteiger partial charge in [-0.1, -0.05) is 6.07 Å². The molecular weight excluding hydrogens is 400 g/mol. The highest BCUT2D eigenvalue weighted by Gasteiger charge is 2.18. The molecule has 0 radical (unpaired) electrons. The average Bonchev–Trinajstić information content (AvgIpc) is 3.27. The second kappa shape index (κ2) is 9.92. The Morgan fingerprint density at radius 2 is 1.81 bits per heavy atom. The van der Waals surface area contributed by atoms with E-state index in [0.29, 0.717) is 11.3 Å². The Morgan fingerprint density at radius 3 is 2.47 bits per heavy atom. The van der Waals surface area contributed by atoms with Gasteiger partial charge in [-0.25, -0.2) is 0 Å². The molecule has 1 fully saturated rings. The van der Waals surface area contributed by atoms with Gasteiger partial charge in [-0.2, -0.15) is 0 Å². The van der Waals surface area contributed by atoms with E-state index >= 15 is 0 Å². The normalized spacial score (nSPS) is 14.6. The van der Waals surface area contributed by atoms with Crippen LogP contribution in [0.2, 0.25) is 0 Å². The summed E-state index contributed by atoms with van der Waals surface area (Å²) in [6.07, 6.45) is 1.98. The van der Waals surface area contributed by atoms with Crippen LogP contribution in [0.1, 0.15) is 35.5 Å². The lowest BCUT2D eigenvalue weighted by Gasteiger charge is -2.36. The monoisotopic (exact) mass is 432 g/mol. The highest BCUT2D eigenvalue weighted by Crippen LogP contribution is 2.24. The van der Waals surface area contributed by atoms with E-state index in [4.69, 9.17) is 4.74 Å². The molecule has 0 aliphatic carbocycles. The Bertz CT molecular complexity index is 1020. The number of aromatic amines is 1. The molecule has 2 N–H and O–H groups in total. The second-order valence-electron chi connectivity index (χ2n) is 8.63. The molecule has 0 saturated carbocycles. The van der Waals surface area contributed by atoms with Crippen LogP contribution in [-0.4, -0.2) is 48.1 Å². The van der Waals surface area contributed by atoms with Gasteiger partial charge in [0.2, 0.25) is 0 Å². The van der Waals surface area contributed by atoms with Crippen LogP contribution in [0.25, 0.3) is 0 Å². The molecule has 1 aliphatic rings. The number of rotatable bonds is 7. The number of benzene rings is 2. The van der Waals surface area contributed by atoms with Crippen LogP contribution in [0, 0.1) is 6.92 Å². The minimum Gasteiger partial charge on any atom is -0.490 e. The van der Waals surface area contributed by atoms with Gasteiger partial charge in [-0.3, -0.25) is 9.69 Å². The van der Waals surface area contributed by atoms with Crippen molar-refractivity contribution in [2.24, 2.45) is 0 Å². The fourth-order valence-electron chi connectivity index (χ4n) is 3.99. The number of anilines is 2. The molecule has 1 aliphatic heterocycles. The summed E-state index contributed by atoms with van der Waals surface area (Å²) in [6.45, 7) is 10.9. The van der Waals surface area contributed by atoms with Crippen molar-refractivity contribution in [3.8, 4) is 5.75 Å². The number of carbonyl (C=O) groups excluding carboxylic acids is 1. The number of hydrogen-bond acceptors (Lipinski definition) is 4.